The third kappa shape index (κ3) is 2.14. The van der Waals surface area contributed by atoms with Crippen LogP contribution in [0, 0.1) is 12.7 Å². The van der Waals surface area contributed by atoms with Gasteiger partial charge in [0.1, 0.15) is 17.3 Å². The maximum Gasteiger partial charge on any atom is 0.159 e. The summed E-state index contributed by atoms with van der Waals surface area (Å²) < 4.78 is 15.3. The number of fused-ring (bicyclic) bond motifs is 2. The molecule has 0 fully saturated rings. The van der Waals surface area contributed by atoms with Crippen LogP contribution in [0.5, 0.6) is 0 Å². The number of hydrogen-bond acceptors (Lipinski definition) is 5. The zero-order valence-corrected chi connectivity index (χ0v) is 13.5. The first-order chi connectivity index (χ1) is 12.2. The van der Waals surface area contributed by atoms with Crippen molar-refractivity contribution in [1.82, 2.24) is 34.9 Å². The van der Waals surface area contributed by atoms with Gasteiger partial charge in [0, 0.05) is 12.2 Å². The highest BCUT2D eigenvalue weighted by Gasteiger charge is 2.27. The molecule has 0 saturated carbocycles. The number of nitrogens with one attached hydrogen (secondary N) is 1. The van der Waals surface area contributed by atoms with Crippen LogP contribution >= 0.6 is 0 Å². The van der Waals surface area contributed by atoms with E-state index in [1.165, 1.54) is 12.3 Å². The topological polar surface area (TPSA) is 85.2 Å². The number of nitrogens with zero attached hydrogens (tertiary/aromatic N) is 6. The highest BCUT2D eigenvalue weighted by Crippen LogP contribution is 2.38. The average Bonchev–Trinajstić information content (AvgIpc) is 3.29. The molecule has 4 aromatic heterocycles. The molecule has 5 heterocycles. The Morgan fingerprint density at radius 2 is 2.08 bits per heavy atom. The first-order valence-electron chi connectivity index (χ1n) is 8.10. The van der Waals surface area contributed by atoms with Crippen LogP contribution in [0.25, 0.3) is 33.7 Å². The van der Waals surface area contributed by atoms with E-state index in [1.807, 2.05) is 11.6 Å². The van der Waals surface area contributed by atoms with Gasteiger partial charge in [-0.3, -0.25) is 14.8 Å². The second-order valence-electron chi connectivity index (χ2n) is 6.11. The number of pyridine rings is 1. The van der Waals surface area contributed by atoms with Crippen LogP contribution in [0.2, 0.25) is 0 Å². The molecule has 4 aromatic rings. The first-order valence-corrected chi connectivity index (χ1v) is 8.10. The van der Waals surface area contributed by atoms with Crippen LogP contribution in [0.15, 0.2) is 24.5 Å². The van der Waals surface area contributed by atoms with Crippen LogP contribution < -0.4 is 0 Å². The van der Waals surface area contributed by atoms with Crippen molar-refractivity contribution < 1.29 is 4.39 Å². The molecule has 1 N–H and O–H groups in total. The molecular weight excluding hydrogens is 321 g/mol. The van der Waals surface area contributed by atoms with Gasteiger partial charge in [0.2, 0.25) is 0 Å². The summed E-state index contributed by atoms with van der Waals surface area (Å²) in [5.74, 6) is 0.287. The molecule has 0 aliphatic carbocycles. The van der Waals surface area contributed by atoms with Gasteiger partial charge in [-0.15, -0.1) is 0 Å². The van der Waals surface area contributed by atoms with Crippen LogP contribution in [-0.2, 0) is 13.0 Å². The lowest BCUT2D eigenvalue weighted by molar-refractivity contribution is 0.621. The number of H-pyrrole nitrogens is 1. The van der Waals surface area contributed by atoms with Crippen molar-refractivity contribution in [3.63, 3.8) is 0 Å². The quantitative estimate of drug-likeness (QED) is 0.609. The molecule has 25 heavy (non-hydrogen) atoms. The van der Waals surface area contributed by atoms with E-state index < -0.39 is 0 Å². The third-order valence-corrected chi connectivity index (χ3v) is 4.47. The summed E-state index contributed by atoms with van der Waals surface area (Å²) in [6, 6.07) is 3.05. The lowest BCUT2D eigenvalue weighted by atomic mass is 10.0. The van der Waals surface area contributed by atoms with Gasteiger partial charge in [0.25, 0.3) is 0 Å². The van der Waals surface area contributed by atoms with Crippen molar-refractivity contribution in [2.45, 2.75) is 26.3 Å². The molecular formula is C17H14FN7. The smallest absolute Gasteiger partial charge is 0.159 e. The molecule has 0 radical (unpaired) electrons. The molecule has 0 saturated heterocycles. The van der Waals surface area contributed by atoms with E-state index in [1.54, 1.807) is 12.3 Å². The number of aromatic nitrogens is 7. The Bertz CT molecular complexity index is 1090. The van der Waals surface area contributed by atoms with Crippen molar-refractivity contribution in [2.75, 3.05) is 0 Å². The molecule has 5 rings (SSSR count). The zero-order chi connectivity index (χ0) is 17.0. The summed E-state index contributed by atoms with van der Waals surface area (Å²) >= 11 is 0. The fourth-order valence-electron chi connectivity index (χ4n) is 3.41. The van der Waals surface area contributed by atoms with Crippen LogP contribution in [-0.4, -0.2) is 34.9 Å². The van der Waals surface area contributed by atoms with Gasteiger partial charge in [-0.1, -0.05) is 0 Å². The fourth-order valence-corrected chi connectivity index (χ4v) is 3.41. The number of aryl methyl sites for hydroxylation is 2. The fraction of sp³-hybridized carbons (Fsp3) is 0.235. The van der Waals surface area contributed by atoms with Crippen molar-refractivity contribution >= 4 is 11.0 Å². The van der Waals surface area contributed by atoms with E-state index in [4.69, 9.17) is 5.10 Å². The Kier molecular flexibility index (Phi) is 2.94. The van der Waals surface area contributed by atoms with E-state index >= 15 is 0 Å². The molecule has 7 nitrogen and oxygen atoms in total. The maximum atomic E-state index is 13.3. The highest BCUT2D eigenvalue weighted by atomic mass is 19.1. The first kappa shape index (κ1) is 14.2. The van der Waals surface area contributed by atoms with Gasteiger partial charge >= 0.3 is 0 Å². The molecule has 1 aliphatic heterocycles. The summed E-state index contributed by atoms with van der Waals surface area (Å²) in [6.07, 6.45) is 4.91. The number of aromatic amines is 1. The van der Waals surface area contributed by atoms with Gasteiger partial charge < -0.3 is 0 Å². The minimum Gasteiger partial charge on any atom is -0.268 e. The van der Waals surface area contributed by atoms with E-state index in [-0.39, 0.29) is 5.82 Å². The Balaban J connectivity index is 1.83. The van der Waals surface area contributed by atoms with E-state index in [2.05, 4.69) is 25.1 Å². The molecule has 8 heteroatoms. The predicted octanol–water partition coefficient (Wildman–Crippen LogP) is 2.67. The largest absolute Gasteiger partial charge is 0.268 e. The lowest BCUT2D eigenvalue weighted by Gasteiger charge is -2.06. The summed E-state index contributed by atoms with van der Waals surface area (Å²) in [5, 5.41) is 12.6. The molecule has 1 aliphatic rings. The Labute approximate surface area is 142 Å². The molecule has 0 amide bonds. The molecule has 0 spiro atoms. The Hall–Kier alpha value is -3.16. The van der Waals surface area contributed by atoms with Crippen molar-refractivity contribution in [3.8, 4) is 22.6 Å². The second-order valence-corrected chi connectivity index (χ2v) is 6.11. The van der Waals surface area contributed by atoms with Gasteiger partial charge in [0.15, 0.2) is 5.65 Å². The molecule has 0 aromatic carbocycles. The molecule has 0 atom stereocenters. The normalized spacial score (nSPS) is 13.5. The number of halogens is 1. The van der Waals surface area contributed by atoms with Gasteiger partial charge in [0.05, 0.1) is 34.7 Å². The zero-order valence-electron chi connectivity index (χ0n) is 13.5. The SMILES string of the molecule is Cc1nc(-c2c(-c3ccc(F)cn3)nn3c2CCC3)c2cn[nH]c2n1. The van der Waals surface area contributed by atoms with Crippen molar-refractivity contribution in [3.05, 3.63) is 41.9 Å². The second kappa shape index (κ2) is 5.17. The number of hydrogen-bond donors (Lipinski definition) is 1. The number of rotatable bonds is 2. The van der Waals surface area contributed by atoms with E-state index in [0.29, 0.717) is 17.2 Å². The molecule has 124 valence electrons. The standard InChI is InChI=1S/C17H14FN7/c1-9-21-15(11-8-20-23-17(11)22-9)14-13-3-2-6-25(13)24-16(14)12-5-4-10(18)7-19-12/h4-5,7-8H,2-3,6H2,1H3,(H,20,21,22,23). The van der Waals surface area contributed by atoms with Gasteiger partial charge in [-0.25, -0.2) is 14.4 Å². The third-order valence-electron chi connectivity index (χ3n) is 4.47. The van der Waals surface area contributed by atoms with E-state index in [0.717, 1.165) is 47.4 Å². The Morgan fingerprint density at radius 3 is 2.92 bits per heavy atom. The molecule has 0 bridgehead atoms. The van der Waals surface area contributed by atoms with Crippen LogP contribution in [0.3, 0.4) is 0 Å². The monoisotopic (exact) mass is 335 g/mol. The predicted molar refractivity (Wildman–Crippen MR) is 89.2 cm³/mol. The average molecular weight is 335 g/mol. The molecule has 0 unspecified atom stereocenters. The minimum atomic E-state index is -0.368. The van der Waals surface area contributed by atoms with E-state index in [9.17, 15) is 4.39 Å². The van der Waals surface area contributed by atoms with Crippen LogP contribution in [0.4, 0.5) is 4.39 Å². The lowest BCUT2D eigenvalue weighted by Crippen LogP contribution is -1.96. The summed E-state index contributed by atoms with van der Waals surface area (Å²) in [6.45, 7) is 2.71. The minimum absolute atomic E-state index is 0.368. The highest BCUT2D eigenvalue weighted by molar-refractivity contribution is 5.95. The summed E-state index contributed by atoms with van der Waals surface area (Å²) in [7, 11) is 0. The summed E-state index contributed by atoms with van der Waals surface area (Å²) in [5.41, 5.74) is 4.90. The van der Waals surface area contributed by atoms with Gasteiger partial charge in [-0.2, -0.15) is 10.2 Å². The Morgan fingerprint density at radius 1 is 1.16 bits per heavy atom. The van der Waals surface area contributed by atoms with Crippen LogP contribution in [0.1, 0.15) is 17.9 Å². The maximum absolute atomic E-state index is 13.3. The summed E-state index contributed by atoms with van der Waals surface area (Å²) in [4.78, 5) is 13.3. The van der Waals surface area contributed by atoms with Gasteiger partial charge in [-0.05, 0) is 31.9 Å². The van der Waals surface area contributed by atoms with Crippen molar-refractivity contribution in [2.24, 2.45) is 0 Å². The van der Waals surface area contributed by atoms with Crippen molar-refractivity contribution in [1.29, 1.82) is 0 Å².